The Bertz CT molecular complexity index is 1010. The van der Waals surface area contributed by atoms with Crippen molar-refractivity contribution in [3.05, 3.63) is 27.8 Å². The number of rotatable bonds is 5. The summed E-state index contributed by atoms with van der Waals surface area (Å²) in [5.74, 6) is -6.64. The van der Waals surface area contributed by atoms with Gasteiger partial charge in [0.15, 0.2) is 5.69 Å². The van der Waals surface area contributed by atoms with E-state index >= 15 is 0 Å². The number of nitrogens with one attached hydrogen (secondary N) is 2. The number of allylic oxidation sites excluding steroid dienone is 1. The Morgan fingerprint density at radius 1 is 1.13 bits per heavy atom. The summed E-state index contributed by atoms with van der Waals surface area (Å²) in [7, 11) is 1.09. The summed E-state index contributed by atoms with van der Waals surface area (Å²) >= 11 is 0. The molecule has 0 atom stereocenters. The average molecular weight is 461 g/mol. The summed E-state index contributed by atoms with van der Waals surface area (Å²) in [4.78, 5) is 29.2. The fraction of sp³-hybridized carbons (Fsp3) is 0.500. The first-order valence-corrected chi connectivity index (χ1v) is 8.29. The van der Waals surface area contributed by atoms with Gasteiger partial charge in [-0.3, -0.25) is 19.1 Å². The van der Waals surface area contributed by atoms with Gasteiger partial charge in [0.2, 0.25) is 5.95 Å². The van der Waals surface area contributed by atoms with Crippen LogP contribution < -0.4 is 15.8 Å². The van der Waals surface area contributed by atoms with Crippen LogP contribution in [0.25, 0.3) is 5.57 Å². The highest BCUT2D eigenvalue weighted by Crippen LogP contribution is 2.37. The van der Waals surface area contributed by atoms with E-state index in [9.17, 15) is 44.7 Å². The molecule has 0 radical (unpaired) electrons. The van der Waals surface area contributed by atoms with Crippen LogP contribution in [-0.2, 0) is 16.5 Å². The molecule has 1 aliphatic rings. The molecule has 7 nitrogen and oxygen atoms in total. The predicted octanol–water partition coefficient (Wildman–Crippen LogP) is 2.75. The van der Waals surface area contributed by atoms with Gasteiger partial charge in [-0.1, -0.05) is 0 Å². The summed E-state index contributed by atoms with van der Waals surface area (Å²) in [5.41, 5.74) is -7.18. The molecule has 1 aromatic rings. The van der Waals surface area contributed by atoms with Crippen molar-refractivity contribution >= 4 is 23.6 Å². The minimum atomic E-state index is -5.93. The number of carbonyl (C=O) groups is 1. The Hall–Kier alpha value is -3.00. The minimum absolute atomic E-state index is 0.160. The molecule has 1 amide bonds. The number of fused-ring (bicyclic) bond motifs is 1. The number of hydrogen-bond acceptors (Lipinski definition) is 5. The van der Waals surface area contributed by atoms with Crippen molar-refractivity contribution < 1.29 is 39.9 Å². The van der Waals surface area contributed by atoms with E-state index in [1.807, 2.05) is 0 Å². The maximum Gasteiger partial charge on any atom is 0.455 e. The molecule has 172 valence electrons. The summed E-state index contributed by atoms with van der Waals surface area (Å²) in [5, 5.41) is 8.75. The number of anilines is 1. The SMILES string of the molecule is CN1C(=O)C(C)(C)n2c1nc(C(F)(F)F)c(/C(C=N)=C/NCC(F)(F)C(F)(F)F)c2=O. The fourth-order valence-corrected chi connectivity index (χ4v) is 2.88. The van der Waals surface area contributed by atoms with Gasteiger partial charge in [-0.2, -0.15) is 35.1 Å². The van der Waals surface area contributed by atoms with Gasteiger partial charge >= 0.3 is 18.3 Å². The number of halogens is 8. The van der Waals surface area contributed by atoms with Gasteiger partial charge < -0.3 is 10.7 Å². The molecule has 0 unspecified atom stereocenters. The third kappa shape index (κ3) is 3.99. The van der Waals surface area contributed by atoms with Crippen LogP contribution in [-0.4, -0.2) is 47.4 Å². The number of alkyl halides is 8. The van der Waals surface area contributed by atoms with Gasteiger partial charge in [0.25, 0.3) is 11.5 Å². The molecule has 31 heavy (non-hydrogen) atoms. The van der Waals surface area contributed by atoms with Gasteiger partial charge in [-0.15, -0.1) is 0 Å². The third-order valence-electron chi connectivity index (χ3n) is 4.46. The fourth-order valence-electron chi connectivity index (χ4n) is 2.88. The minimum Gasteiger partial charge on any atom is -0.384 e. The zero-order valence-corrected chi connectivity index (χ0v) is 16.0. The van der Waals surface area contributed by atoms with E-state index < -0.39 is 64.6 Å². The van der Waals surface area contributed by atoms with E-state index in [2.05, 4.69) is 4.98 Å². The maximum absolute atomic E-state index is 13.6. The van der Waals surface area contributed by atoms with E-state index in [0.717, 1.165) is 11.9 Å². The van der Waals surface area contributed by atoms with Gasteiger partial charge in [0, 0.05) is 25.0 Å². The van der Waals surface area contributed by atoms with Crippen LogP contribution >= 0.6 is 0 Å². The van der Waals surface area contributed by atoms with E-state index in [1.165, 1.54) is 19.2 Å². The highest BCUT2D eigenvalue weighted by atomic mass is 19.4. The molecule has 15 heteroatoms. The highest BCUT2D eigenvalue weighted by molar-refractivity contribution is 6.09. The summed E-state index contributed by atoms with van der Waals surface area (Å²) in [6.07, 6.45) is -10.8. The molecule has 0 saturated carbocycles. The Balaban J connectivity index is 2.69. The molecule has 2 rings (SSSR count). The molecular weight excluding hydrogens is 446 g/mol. The molecule has 0 spiro atoms. The molecule has 2 heterocycles. The lowest BCUT2D eigenvalue weighted by Gasteiger charge is -2.21. The number of nitrogens with zero attached hydrogens (tertiary/aromatic N) is 3. The second-order valence-electron chi connectivity index (χ2n) is 7.02. The number of carbonyl (C=O) groups excluding carboxylic acids is 1. The Morgan fingerprint density at radius 2 is 1.68 bits per heavy atom. The molecule has 0 aromatic carbocycles. The number of amides is 1. The molecule has 2 N–H and O–H groups in total. The van der Waals surface area contributed by atoms with E-state index in [1.54, 1.807) is 0 Å². The van der Waals surface area contributed by atoms with Gasteiger partial charge in [-0.25, -0.2) is 4.98 Å². The second-order valence-corrected chi connectivity index (χ2v) is 7.02. The largest absolute Gasteiger partial charge is 0.455 e. The third-order valence-corrected chi connectivity index (χ3v) is 4.46. The Kier molecular flexibility index (Phi) is 5.72. The van der Waals surface area contributed by atoms with Crippen molar-refractivity contribution in [2.75, 3.05) is 18.5 Å². The topological polar surface area (TPSA) is 91.1 Å². The smallest absolute Gasteiger partial charge is 0.384 e. The van der Waals surface area contributed by atoms with Gasteiger partial charge in [0.1, 0.15) is 5.54 Å². The monoisotopic (exact) mass is 461 g/mol. The molecule has 0 fully saturated rings. The zero-order chi connectivity index (χ0) is 24.2. The Labute approximate surface area is 168 Å². The zero-order valence-electron chi connectivity index (χ0n) is 16.0. The molecule has 0 saturated heterocycles. The van der Waals surface area contributed by atoms with E-state index in [4.69, 9.17) is 5.41 Å². The van der Waals surface area contributed by atoms with Crippen LogP contribution in [0.2, 0.25) is 0 Å². The van der Waals surface area contributed by atoms with Crippen molar-refractivity contribution in [2.24, 2.45) is 0 Å². The average Bonchev–Trinajstić information content (AvgIpc) is 2.78. The molecule has 1 aliphatic heterocycles. The first-order chi connectivity index (χ1) is 13.9. The first-order valence-electron chi connectivity index (χ1n) is 8.29. The second kappa shape index (κ2) is 7.30. The number of likely N-dealkylation sites (N-methyl/N-ethyl adjacent to an activating group) is 1. The molecule has 0 bridgehead atoms. The van der Waals surface area contributed by atoms with Crippen LogP contribution in [0.4, 0.5) is 41.1 Å². The maximum atomic E-state index is 13.6. The van der Waals surface area contributed by atoms with E-state index in [-0.39, 0.29) is 12.4 Å². The first kappa shape index (κ1) is 24.3. The van der Waals surface area contributed by atoms with Crippen molar-refractivity contribution in [1.29, 1.82) is 5.41 Å². The molecule has 0 aliphatic carbocycles. The summed E-state index contributed by atoms with van der Waals surface area (Å²) in [6.45, 7) is 0.387. The predicted molar refractivity (Wildman–Crippen MR) is 92.0 cm³/mol. The van der Waals surface area contributed by atoms with E-state index in [0.29, 0.717) is 4.57 Å². The Morgan fingerprint density at radius 3 is 2.13 bits per heavy atom. The highest BCUT2D eigenvalue weighted by Gasteiger charge is 2.57. The standard InChI is InChI=1S/C16H15F8N5O2/c1-13(2)11(31)28(3)12-27-9(15(19,20)21)8(10(30)29(12)13)7(4-25)5-26-6-14(17,18)16(22,23)24/h4-5,25-26H,6H2,1-3H3/b7-5+,25-4?. The summed E-state index contributed by atoms with van der Waals surface area (Å²) in [6, 6.07) is 0. The van der Waals surface area contributed by atoms with Crippen molar-refractivity contribution in [3.63, 3.8) is 0 Å². The van der Waals surface area contributed by atoms with Crippen LogP contribution in [0.3, 0.4) is 0 Å². The van der Waals surface area contributed by atoms with Crippen LogP contribution in [0.5, 0.6) is 0 Å². The van der Waals surface area contributed by atoms with Crippen LogP contribution in [0.1, 0.15) is 25.1 Å². The lowest BCUT2D eigenvalue weighted by atomic mass is 10.0. The lowest BCUT2D eigenvalue weighted by molar-refractivity contribution is -0.278. The summed E-state index contributed by atoms with van der Waals surface area (Å²) < 4.78 is 104. The quantitative estimate of drug-likeness (QED) is 0.521. The van der Waals surface area contributed by atoms with Gasteiger partial charge in [0.05, 0.1) is 12.1 Å². The van der Waals surface area contributed by atoms with Crippen molar-refractivity contribution in [2.45, 2.75) is 37.7 Å². The van der Waals surface area contributed by atoms with Crippen molar-refractivity contribution in [1.82, 2.24) is 14.9 Å². The molecule has 1 aromatic heterocycles. The normalized spacial score (nSPS) is 17.1. The van der Waals surface area contributed by atoms with Crippen molar-refractivity contribution in [3.8, 4) is 0 Å². The number of hydrogen-bond donors (Lipinski definition) is 2. The molecular formula is C16H15F8N5O2. The van der Waals surface area contributed by atoms with Crippen LogP contribution in [0, 0.1) is 5.41 Å². The van der Waals surface area contributed by atoms with Crippen LogP contribution in [0.15, 0.2) is 11.0 Å². The number of aromatic nitrogens is 2. The lowest BCUT2D eigenvalue weighted by Crippen LogP contribution is -2.44. The van der Waals surface area contributed by atoms with Gasteiger partial charge in [-0.05, 0) is 13.8 Å².